The van der Waals surface area contributed by atoms with Crippen molar-refractivity contribution >= 4 is 10.0 Å². The van der Waals surface area contributed by atoms with Gasteiger partial charge in [-0.25, -0.2) is 8.42 Å². The summed E-state index contributed by atoms with van der Waals surface area (Å²) in [5, 5.41) is 3.20. The highest BCUT2D eigenvalue weighted by molar-refractivity contribution is 7.90. The molecule has 104 valence electrons. The minimum atomic E-state index is -3.06. The predicted octanol–water partition coefficient (Wildman–Crippen LogP) is 0.321. The van der Waals surface area contributed by atoms with Crippen LogP contribution in [0.15, 0.2) is 0 Å². The van der Waals surface area contributed by atoms with Crippen molar-refractivity contribution in [1.82, 2.24) is 9.62 Å². The maximum Gasteiger partial charge on any atom is 0.217 e. The van der Waals surface area contributed by atoms with Gasteiger partial charge in [0.05, 0.1) is 17.0 Å². The van der Waals surface area contributed by atoms with Crippen molar-refractivity contribution in [2.45, 2.75) is 49.6 Å². The molecule has 0 aromatic rings. The number of nitrogens with one attached hydrogen (secondary N) is 1. The molecule has 1 spiro atoms. The summed E-state index contributed by atoms with van der Waals surface area (Å²) in [4.78, 5) is 0. The molecule has 0 bridgehead atoms. The number of sulfonamides is 1. The summed E-state index contributed by atoms with van der Waals surface area (Å²) < 4.78 is 32.5. The zero-order valence-electron chi connectivity index (χ0n) is 10.9. The second-order valence-corrected chi connectivity index (χ2v) is 8.11. The molecule has 1 unspecified atom stereocenters. The van der Waals surface area contributed by atoms with E-state index in [1.165, 1.54) is 0 Å². The zero-order valence-corrected chi connectivity index (χ0v) is 11.7. The quantitative estimate of drug-likeness (QED) is 0.788. The summed E-state index contributed by atoms with van der Waals surface area (Å²) in [7, 11) is -3.06. The first-order valence-electron chi connectivity index (χ1n) is 6.89. The Morgan fingerprint density at radius 3 is 2.56 bits per heavy atom. The highest BCUT2D eigenvalue weighted by Gasteiger charge is 2.48. The van der Waals surface area contributed by atoms with Crippen LogP contribution in [0.25, 0.3) is 0 Å². The SMILES string of the molecule is CC1CN(S(=O)(=O)C2CC2)CC2(CCNCC2)O1. The van der Waals surface area contributed by atoms with E-state index in [0.717, 1.165) is 38.8 Å². The Balaban J connectivity index is 1.79. The van der Waals surface area contributed by atoms with E-state index < -0.39 is 10.0 Å². The van der Waals surface area contributed by atoms with E-state index in [-0.39, 0.29) is 17.0 Å². The molecule has 2 aliphatic heterocycles. The number of morpholine rings is 1. The third-order valence-electron chi connectivity index (χ3n) is 4.20. The van der Waals surface area contributed by atoms with Crippen LogP contribution in [0.3, 0.4) is 0 Å². The van der Waals surface area contributed by atoms with E-state index in [1.807, 2.05) is 6.92 Å². The Morgan fingerprint density at radius 1 is 1.28 bits per heavy atom. The lowest BCUT2D eigenvalue weighted by molar-refractivity contribution is -0.143. The molecule has 1 N–H and O–H groups in total. The predicted molar refractivity (Wildman–Crippen MR) is 68.9 cm³/mol. The van der Waals surface area contributed by atoms with Gasteiger partial charge in [0.15, 0.2) is 0 Å². The molecule has 1 atom stereocenters. The molecule has 3 fully saturated rings. The molecule has 2 heterocycles. The lowest BCUT2D eigenvalue weighted by atomic mass is 9.90. The monoisotopic (exact) mass is 274 g/mol. The molecule has 2 saturated heterocycles. The van der Waals surface area contributed by atoms with Crippen molar-refractivity contribution in [2.75, 3.05) is 26.2 Å². The summed E-state index contributed by atoms with van der Waals surface area (Å²) in [5.74, 6) is 0. The van der Waals surface area contributed by atoms with Gasteiger partial charge in [-0.05, 0) is 45.7 Å². The van der Waals surface area contributed by atoms with Crippen molar-refractivity contribution in [1.29, 1.82) is 0 Å². The molecule has 3 aliphatic rings. The largest absolute Gasteiger partial charge is 0.369 e. The van der Waals surface area contributed by atoms with Crippen molar-refractivity contribution in [3.8, 4) is 0 Å². The first-order chi connectivity index (χ1) is 8.52. The lowest BCUT2D eigenvalue weighted by Crippen LogP contribution is -2.60. The number of hydrogen-bond donors (Lipinski definition) is 1. The van der Waals surface area contributed by atoms with E-state index >= 15 is 0 Å². The van der Waals surface area contributed by atoms with Gasteiger partial charge >= 0.3 is 0 Å². The maximum atomic E-state index is 12.4. The molecule has 0 amide bonds. The number of nitrogens with zero attached hydrogens (tertiary/aromatic N) is 1. The van der Waals surface area contributed by atoms with Crippen LogP contribution in [-0.4, -0.2) is 55.9 Å². The van der Waals surface area contributed by atoms with E-state index in [0.29, 0.717) is 13.1 Å². The number of piperidine rings is 1. The molecule has 18 heavy (non-hydrogen) atoms. The minimum Gasteiger partial charge on any atom is -0.369 e. The zero-order chi connectivity index (χ0) is 12.8. The third-order valence-corrected chi connectivity index (χ3v) is 6.51. The number of rotatable bonds is 2. The number of ether oxygens (including phenoxy) is 1. The first-order valence-corrected chi connectivity index (χ1v) is 8.40. The van der Waals surface area contributed by atoms with Gasteiger partial charge < -0.3 is 10.1 Å². The van der Waals surface area contributed by atoms with Gasteiger partial charge in [0.2, 0.25) is 10.0 Å². The molecular weight excluding hydrogens is 252 g/mol. The Labute approximate surface area is 109 Å². The van der Waals surface area contributed by atoms with Gasteiger partial charge in [-0.15, -0.1) is 0 Å². The van der Waals surface area contributed by atoms with Gasteiger partial charge in [0.1, 0.15) is 0 Å². The summed E-state index contributed by atoms with van der Waals surface area (Å²) in [6, 6.07) is 0. The van der Waals surface area contributed by atoms with Crippen LogP contribution >= 0.6 is 0 Å². The first kappa shape index (κ1) is 12.8. The Hall–Kier alpha value is -0.170. The van der Waals surface area contributed by atoms with Crippen LogP contribution in [0.1, 0.15) is 32.6 Å². The highest BCUT2D eigenvalue weighted by Crippen LogP contribution is 2.36. The summed E-state index contributed by atoms with van der Waals surface area (Å²) >= 11 is 0. The van der Waals surface area contributed by atoms with E-state index in [9.17, 15) is 8.42 Å². The van der Waals surface area contributed by atoms with Crippen LogP contribution < -0.4 is 5.32 Å². The molecule has 0 aromatic heterocycles. The summed E-state index contributed by atoms with van der Waals surface area (Å²) in [6.07, 6.45) is 3.50. The molecule has 3 rings (SSSR count). The second-order valence-electron chi connectivity index (χ2n) is 5.90. The fourth-order valence-electron chi connectivity index (χ4n) is 3.10. The smallest absolute Gasteiger partial charge is 0.217 e. The van der Waals surface area contributed by atoms with Crippen molar-refractivity contribution < 1.29 is 13.2 Å². The van der Waals surface area contributed by atoms with Crippen molar-refractivity contribution in [3.63, 3.8) is 0 Å². The fourth-order valence-corrected chi connectivity index (χ4v) is 5.09. The van der Waals surface area contributed by atoms with Gasteiger partial charge in [0, 0.05) is 13.1 Å². The van der Waals surface area contributed by atoms with Crippen LogP contribution in [0, 0.1) is 0 Å². The van der Waals surface area contributed by atoms with Crippen LogP contribution in [-0.2, 0) is 14.8 Å². The van der Waals surface area contributed by atoms with Crippen LogP contribution in [0.5, 0.6) is 0 Å². The Morgan fingerprint density at radius 2 is 1.94 bits per heavy atom. The minimum absolute atomic E-state index is 0.00498. The Bertz CT molecular complexity index is 413. The lowest BCUT2D eigenvalue weighted by Gasteiger charge is -2.47. The third kappa shape index (κ3) is 2.31. The van der Waals surface area contributed by atoms with Gasteiger partial charge in [-0.3, -0.25) is 0 Å². The average Bonchev–Trinajstić information content (AvgIpc) is 3.12. The molecule has 5 nitrogen and oxygen atoms in total. The molecule has 1 saturated carbocycles. The van der Waals surface area contributed by atoms with Crippen molar-refractivity contribution in [3.05, 3.63) is 0 Å². The molecular formula is C12H22N2O3S. The maximum absolute atomic E-state index is 12.4. The highest BCUT2D eigenvalue weighted by atomic mass is 32.2. The van der Waals surface area contributed by atoms with E-state index in [1.54, 1.807) is 4.31 Å². The summed E-state index contributed by atoms with van der Waals surface area (Å²) in [5.41, 5.74) is -0.245. The van der Waals surface area contributed by atoms with Crippen molar-refractivity contribution in [2.24, 2.45) is 0 Å². The standard InChI is InChI=1S/C12H22N2O3S/c1-10-8-14(18(15,16)11-2-3-11)9-12(17-10)4-6-13-7-5-12/h10-11,13H,2-9H2,1H3. The van der Waals surface area contributed by atoms with Crippen LogP contribution in [0.4, 0.5) is 0 Å². The van der Waals surface area contributed by atoms with Crippen LogP contribution in [0.2, 0.25) is 0 Å². The molecule has 0 aromatic carbocycles. The average molecular weight is 274 g/mol. The topological polar surface area (TPSA) is 58.6 Å². The van der Waals surface area contributed by atoms with E-state index in [4.69, 9.17) is 4.74 Å². The molecule has 6 heteroatoms. The second kappa shape index (κ2) is 4.44. The van der Waals surface area contributed by atoms with Gasteiger partial charge in [0.25, 0.3) is 0 Å². The molecule has 1 aliphatic carbocycles. The number of hydrogen-bond acceptors (Lipinski definition) is 4. The Kier molecular flexibility index (Phi) is 3.17. The summed E-state index contributed by atoms with van der Waals surface area (Å²) in [6.45, 7) is 4.90. The molecule has 0 radical (unpaired) electrons. The van der Waals surface area contributed by atoms with Gasteiger partial charge in [-0.1, -0.05) is 0 Å². The normalized spacial score (nSPS) is 33.7. The fraction of sp³-hybridized carbons (Fsp3) is 1.00. The van der Waals surface area contributed by atoms with E-state index in [2.05, 4.69) is 5.32 Å². The van der Waals surface area contributed by atoms with Gasteiger partial charge in [-0.2, -0.15) is 4.31 Å².